The Morgan fingerprint density at radius 3 is 2.62 bits per heavy atom. The van der Waals surface area contributed by atoms with Crippen LogP contribution in [0.3, 0.4) is 0 Å². The molecule has 5 nitrogen and oxygen atoms in total. The van der Waals surface area contributed by atoms with Crippen molar-refractivity contribution in [2.45, 2.75) is 37.8 Å². The van der Waals surface area contributed by atoms with Crippen molar-refractivity contribution in [3.8, 4) is 0 Å². The van der Waals surface area contributed by atoms with Crippen molar-refractivity contribution in [2.75, 3.05) is 13.1 Å². The fraction of sp³-hybridized carbons (Fsp3) is 0.579. The second-order valence-electron chi connectivity index (χ2n) is 7.97. The summed E-state index contributed by atoms with van der Waals surface area (Å²) in [4.78, 5) is 26.0. The fourth-order valence-corrected chi connectivity index (χ4v) is 4.80. The molecule has 2 saturated carbocycles. The summed E-state index contributed by atoms with van der Waals surface area (Å²) in [5.41, 5.74) is -0.0477. The maximum atomic E-state index is 14.7. The summed E-state index contributed by atoms with van der Waals surface area (Å²) in [7, 11) is 0. The highest BCUT2D eigenvalue weighted by molar-refractivity contribution is 6.31. The van der Waals surface area contributed by atoms with Gasteiger partial charge in [-0.2, -0.15) is 0 Å². The van der Waals surface area contributed by atoms with Crippen LogP contribution in [0.4, 0.5) is 22.4 Å². The van der Waals surface area contributed by atoms with Crippen LogP contribution in [-0.2, 0) is 4.79 Å². The van der Waals surface area contributed by atoms with Crippen LogP contribution in [0.25, 0.3) is 0 Å². The van der Waals surface area contributed by atoms with Crippen LogP contribution in [0.5, 0.6) is 0 Å². The number of halogens is 5. The van der Waals surface area contributed by atoms with E-state index in [1.807, 2.05) is 0 Å². The predicted octanol–water partition coefficient (Wildman–Crippen LogP) is 3.48. The van der Waals surface area contributed by atoms with Gasteiger partial charge in [-0.25, -0.2) is 22.4 Å². The molecule has 3 aliphatic rings. The number of nitrogens with one attached hydrogen (secondary N) is 2. The summed E-state index contributed by atoms with van der Waals surface area (Å²) in [5, 5.41) is 4.62. The zero-order valence-electron chi connectivity index (χ0n) is 15.5. The van der Waals surface area contributed by atoms with Crippen molar-refractivity contribution in [3.63, 3.8) is 0 Å². The molecule has 1 unspecified atom stereocenters. The first-order valence-electron chi connectivity index (χ1n) is 9.49. The lowest BCUT2D eigenvalue weighted by Crippen LogP contribution is -2.58. The minimum Gasteiger partial charge on any atom is -0.353 e. The van der Waals surface area contributed by atoms with Gasteiger partial charge in [-0.3, -0.25) is 4.79 Å². The molecule has 1 aliphatic heterocycles. The Bertz CT molecular complexity index is 854. The van der Waals surface area contributed by atoms with Crippen LogP contribution in [0.15, 0.2) is 12.1 Å². The summed E-state index contributed by atoms with van der Waals surface area (Å²) in [6.45, 7) is 2.09. The molecular weight excluding hydrogens is 414 g/mol. The third kappa shape index (κ3) is 3.33. The van der Waals surface area contributed by atoms with Crippen LogP contribution < -0.4 is 10.6 Å². The number of alkyl halides is 2. The number of carbonyl (C=O) groups excluding carboxylic acids is 2. The molecule has 158 valence electrons. The predicted molar refractivity (Wildman–Crippen MR) is 96.5 cm³/mol. The van der Waals surface area contributed by atoms with Gasteiger partial charge in [0.1, 0.15) is 22.7 Å². The molecule has 1 heterocycles. The lowest BCUT2D eigenvalue weighted by atomic mass is 9.88. The van der Waals surface area contributed by atoms with Crippen molar-refractivity contribution in [3.05, 3.63) is 34.4 Å². The zero-order valence-corrected chi connectivity index (χ0v) is 16.3. The molecule has 5 atom stereocenters. The number of fused-ring (bicyclic) bond motifs is 1. The Labute approximate surface area is 169 Å². The van der Waals surface area contributed by atoms with Gasteiger partial charge in [0.25, 0.3) is 5.92 Å². The Kier molecular flexibility index (Phi) is 4.91. The maximum Gasteiger partial charge on any atom is 0.318 e. The number of hydrogen-bond donors (Lipinski definition) is 2. The zero-order chi connectivity index (χ0) is 21.1. The highest BCUT2D eigenvalue weighted by atomic mass is 35.5. The number of hydrogen-bond acceptors (Lipinski definition) is 2. The van der Waals surface area contributed by atoms with Gasteiger partial charge in [-0.05, 0) is 31.7 Å². The Balaban J connectivity index is 1.60. The molecule has 10 heteroatoms. The third-order valence-electron chi connectivity index (χ3n) is 6.39. The first-order valence-corrected chi connectivity index (χ1v) is 9.86. The van der Waals surface area contributed by atoms with Gasteiger partial charge >= 0.3 is 6.03 Å². The molecule has 29 heavy (non-hydrogen) atoms. The van der Waals surface area contributed by atoms with Crippen LogP contribution in [-0.4, -0.2) is 41.9 Å². The van der Waals surface area contributed by atoms with E-state index in [-0.39, 0.29) is 37.4 Å². The average Bonchev–Trinajstić information content (AvgIpc) is 3.01. The largest absolute Gasteiger partial charge is 0.353 e. The van der Waals surface area contributed by atoms with Gasteiger partial charge in [-0.15, -0.1) is 0 Å². The summed E-state index contributed by atoms with van der Waals surface area (Å²) >= 11 is 5.70. The molecule has 1 saturated heterocycles. The molecule has 0 radical (unpaired) electrons. The number of carbonyl (C=O) groups is 2. The number of rotatable bonds is 3. The van der Waals surface area contributed by atoms with Crippen LogP contribution in [0.2, 0.25) is 5.02 Å². The molecule has 2 aliphatic carbocycles. The van der Waals surface area contributed by atoms with Gasteiger partial charge in [0.15, 0.2) is 0 Å². The maximum absolute atomic E-state index is 14.7. The molecule has 4 rings (SSSR count). The van der Waals surface area contributed by atoms with Gasteiger partial charge in [0.2, 0.25) is 5.91 Å². The number of nitrogens with zero attached hydrogens (tertiary/aromatic N) is 1. The van der Waals surface area contributed by atoms with E-state index in [0.29, 0.717) is 0 Å². The molecule has 1 aromatic carbocycles. The van der Waals surface area contributed by atoms with E-state index < -0.39 is 58.4 Å². The lowest BCUT2D eigenvalue weighted by molar-refractivity contribution is -0.127. The van der Waals surface area contributed by atoms with E-state index in [1.165, 1.54) is 11.0 Å². The normalized spacial score (nSPS) is 31.1. The molecule has 0 bridgehead atoms. The SMILES string of the molecule is C[C@@H]1C(=O)NCCN1C(=O)N[C@@H](c1ccc(F)c(Cl)c1F)C1C[C@@H]2[C@H](C1)C2(F)F. The van der Waals surface area contributed by atoms with Crippen LogP contribution >= 0.6 is 11.6 Å². The van der Waals surface area contributed by atoms with Gasteiger partial charge in [0.05, 0.1) is 6.04 Å². The van der Waals surface area contributed by atoms with Gasteiger partial charge < -0.3 is 15.5 Å². The minimum atomic E-state index is -2.72. The van der Waals surface area contributed by atoms with Gasteiger partial charge in [0, 0.05) is 30.5 Å². The van der Waals surface area contributed by atoms with E-state index in [2.05, 4.69) is 10.6 Å². The van der Waals surface area contributed by atoms with Crippen molar-refractivity contribution >= 4 is 23.5 Å². The summed E-state index contributed by atoms with van der Waals surface area (Å²) in [6.07, 6.45) is 0.236. The topological polar surface area (TPSA) is 61.4 Å². The highest BCUT2D eigenvalue weighted by Gasteiger charge is 2.72. The molecule has 3 fully saturated rings. The number of benzene rings is 1. The highest BCUT2D eigenvalue weighted by Crippen LogP contribution is 2.67. The monoisotopic (exact) mass is 433 g/mol. The second kappa shape index (κ2) is 7.04. The number of amides is 3. The molecule has 0 aromatic heterocycles. The quantitative estimate of drug-likeness (QED) is 0.566. The van der Waals surface area contributed by atoms with Gasteiger partial charge in [-0.1, -0.05) is 17.7 Å². The molecule has 3 amide bonds. The Hall–Kier alpha value is -2.03. The first kappa shape index (κ1) is 20.3. The molecule has 1 aromatic rings. The fourth-order valence-electron chi connectivity index (χ4n) is 4.63. The van der Waals surface area contributed by atoms with Crippen molar-refractivity contribution in [1.82, 2.24) is 15.5 Å². The van der Waals surface area contributed by atoms with Crippen molar-refractivity contribution in [1.29, 1.82) is 0 Å². The first-order chi connectivity index (χ1) is 13.6. The van der Waals surface area contributed by atoms with Crippen molar-refractivity contribution in [2.24, 2.45) is 17.8 Å². The van der Waals surface area contributed by atoms with E-state index in [0.717, 1.165) is 6.07 Å². The summed E-state index contributed by atoms with van der Waals surface area (Å²) in [6, 6.07) is -0.129. The van der Waals surface area contributed by atoms with Crippen LogP contribution in [0.1, 0.15) is 31.4 Å². The second-order valence-corrected chi connectivity index (χ2v) is 8.35. The van der Waals surface area contributed by atoms with E-state index in [1.54, 1.807) is 6.92 Å². The smallest absolute Gasteiger partial charge is 0.318 e. The standard InChI is InChI=1S/C19H20ClF4N3O2/c1-8-17(28)25-4-5-27(8)18(29)26-16(9-6-11-12(7-9)19(11,23)24)10-2-3-13(21)14(20)15(10)22/h2-3,8-9,11-12,16H,4-7H2,1H3,(H,25,28)(H,26,29)/t8-,9?,11-,12+,16-/m1/s1. The molecule has 2 N–H and O–H groups in total. The number of urea groups is 1. The molecular formula is C19H20ClF4N3O2. The summed E-state index contributed by atoms with van der Waals surface area (Å²) < 4.78 is 55.6. The average molecular weight is 434 g/mol. The Morgan fingerprint density at radius 1 is 1.31 bits per heavy atom. The number of piperazine rings is 1. The van der Waals surface area contributed by atoms with E-state index in [9.17, 15) is 27.2 Å². The van der Waals surface area contributed by atoms with E-state index in [4.69, 9.17) is 11.6 Å². The van der Waals surface area contributed by atoms with Crippen molar-refractivity contribution < 1.29 is 27.2 Å². The van der Waals surface area contributed by atoms with E-state index >= 15 is 0 Å². The summed E-state index contributed by atoms with van der Waals surface area (Å²) in [5.74, 6) is -7.02. The lowest BCUT2D eigenvalue weighted by Gasteiger charge is -2.35. The molecule has 0 spiro atoms. The van der Waals surface area contributed by atoms with Crippen LogP contribution in [0, 0.1) is 29.4 Å². The third-order valence-corrected chi connectivity index (χ3v) is 6.74. The Morgan fingerprint density at radius 2 is 1.97 bits per heavy atom. The minimum absolute atomic E-state index is 0.0477.